The molecule has 232 valence electrons. The van der Waals surface area contributed by atoms with Crippen LogP contribution in [0.25, 0.3) is 0 Å². The van der Waals surface area contributed by atoms with Gasteiger partial charge >= 0.3 is 0 Å². The molecule has 0 amide bonds. The fraction of sp³-hybridized carbons (Fsp3) is 0.586. The van der Waals surface area contributed by atoms with Crippen LogP contribution in [0.3, 0.4) is 0 Å². The Balaban J connectivity index is 1.59. The molecule has 0 spiro atoms. The maximum atomic E-state index is 12.4. The molecule has 5 unspecified atom stereocenters. The summed E-state index contributed by atoms with van der Waals surface area (Å²) in [7, 11) is -7.72. The first kappa shape index (κ1) is 35.3. The molecule has 12 heteroatoms. The zero-order chi connectivity index (χ0) is 30.6. The normalized spacial score (nSPS) is 16.2. The molecule has 0 aliphatic heterocycles. The van der Waals surface area contributed by atoms with E-state index in [1.54, 1.807) is 38.1 Å². The van der Waals surface area contributed by atoms with Gasteiger partial charge in [-0.05, 0) is 72.7 Å². The largest absolute Gasteiger partial charge is 0.373 e. The molecule has 5 atom stereocenters. The molecular formula is C29H44O10S2. The minimum Gasteiger partial charge on any atom is -0.373 e. The Kier molecular flexibility index (Phi) is 14.3. The van der Waals surface area contributed by atoms with Gasteiger partial charge in [-0.2, -0.15) is 16.8 Å². The van der Waals surface area contributed by atoms with Gasteiger partial charge in [0, 0.05) is 0 Å². The van der Waals surface area contributed by atoms with Gasteiger partial charge in [0.2, 0.25) is 0 Å². The van der Waals surface area contributed by atoms with Gasteiger partial charge < -0.3 is 18.9 Å². The monoisotopic (exact) mass is 616 g/mol. The third kappa shape index (κ3) is 13.3. The molecule has 0 N–H and O–H groups in total. The second-order valence-electron chi connectivity index (χ2n) is 10.3. The summed E-state index contributed by atoms with van der Waals surface area (Å²) >= 11 is 0. The lowest BCUT2D eigenvalue weighted by Crippen LogP contribution is -2.29. The molecule has 0 aliphatic carbocycles. The minimum atomic E-state index is -3.87. The topological polar surface area (TPSA) is 124 Å². The smallest absolute Gasteiger partial charge is 0.297 e. The molecule has 0 aromatic heterocycles. The van der Waals surface area contributed by atoms with E-state index in [2.05, 4.69) is 0 Å². The standard InChI is InChI=1S/C29H44O10S2/c1-21-8-12-28(13-9-21)40(30,31)38-20-26(6)36-18-24(4)34-16-23(3)35-17-25(5)37-19-27(7)39-41(32,33)29-14-10-22(2)11-15-29/h8-15,23-27H,16-20H2,1-7H3. The predicted molar refractivity (Wildman–Crippen MR) is 155 cm³/mol. The van der Waals surface area contributed by atoms with Crippen LogP contribution in [0.1, 0.15) is 45.7 Å². The summed E-state index contributed by atoms with van der Waals surface area (Å²) in [4.78, 5) is 0.211. The lowest BCUT2D eigenvalue weighted by Gasteiger charge is -2.22. The average molecular weight is 617 g/mol. The Labute approximate surface area is 245 Å². The maximum absolute atomic E-state index is 12.4. The zero-order valence-corrected chi connectivity index (χ0v) is 26.6. The van der Waals surface area contributed by atoms with Crippen molar-refractivity contribution >= 4 is 20.2 Å². The van der Waals surface area contributed by atoms with E-state index in [9.17, 15) is 16.8 Å². The highest BCUT2D eigenvalue weighted by atomic mass is 32.2. The number of aryl methyl sites for hydroxylation is 2. The van der Waals surface area contributed by atoms with Crippen LogP contribution < -0.4 is 0 Å². The summed E-state index contributed by atoms with van der Waals surface area (Å²) in [6.07, 6.45) is -1.88. The van der Waals surface area contributed by atoms with E-state index in [0.717, 1.165) is 11.1 Å². The summed E-state index contributed by atoms with van der Waals surface area (Å²) < 4.78 is 82.7. The second kappa shape index (κ2) is 16.7. The third-order valence-corrected chi connectivity index (χ3v) is 8.56. The van der Waals surface area contributed by atoms with Gasteiger partial charge in [-0.25, -0.2) is 0 Å². The average Bonchev–Trinajstić information content (AvgIpc) is 2.91. The Hall–Kier alpha value is -1.90. The molecule has 2 aromatic rings. The van der Waals surface area contributed by atoms with E-state index in [0.29, 0.717) is 6.61 Å². The van der Waals surface area contributed by atoms with E-state index < -0.39 is 32.4 Å². The van der Waals surface area contributed by atoms with Gasteiger partial charge in [-0.1, -0.05) is 35.4 Å². The molecule has 0 saturated heterocycles. The maximum Gasteiger partial charge on any atom is 0.297 e. The molecule has 0 radical (unpaired) electrons. The van der Waals surface area contributed by atoms with Crippen molar-refractivity contribution in [3.63, 3.8) is 0 Å². The first-order valence-electron chi connectivity index (χ1n) is 13.6. The number of hydrogen-bond donors (Lipinski definition) is 0. The molecule has 0 heterocycles. The van der Waals surface area contributed by atoms with Crippen LogP contribution in [0.15, 0.2) is 58.3 Å². The molecule has 10 nitrogen and oxygen atoms in total. The number of ether oxygens (including phenoxy) is 4. The van der Waals surface area contributed by atoms with Crippen molar-refractivity contribution in [2.45, 2.75) is 88.8 Å². The molecule has 0 aliphatic rings. The molecule has 2 aromatic carbocycles. The van der Waals surface area contributed by atoms with Crippen molar-refractivity contribution in [3.8, 4) is 0 Å². The van der Waals surface area contributed by atoms with Crippen molar-refractivity contribution in [2.75, 3.05) is 33.0 Å². The summed E-state index contributed by atoms with van der Waals surface area (Å²) in [6, 6.07) is 12.9. The summed E-state index contributed by atoms with van der Waals surface area (Å²) in [6.45, 7) is 13.5. The summed E-state index contributed by atoms with van der Waals surface area (Å²) in [5, 5.41) is 0. The predicted octanol–water partition coefficient (Wildman–Crippen LogP) is 4.42. The van der Waals surface area contributed by atoms with Crippen molar-refractivity contribution in [1.82, 2.24) is 0 Å². The van der Waals surface area contributed by atoms with Crippen molar-refractivity contribution in [3.05, 3.63) is 59.7 Å². The lowest BCUT2D eigenvalue weighted by molar-refractivity contribution is -0.0917. The SMILES string of the molecule is Cc1ccc(S(=O)(=O)OCC(C)OCC(C)OCC(C)OCC(C)OCC(C)OS(=O)(=O)c2ccc(C)cc2)cc1. The van der Waals surface area contributed by atoms with Crippen LogP contribution >= 0.6 is 0 Å². The van der Waals surface area contributed by atoms with Crippen LogP contribution in [-0.2, 0) is 47.5 Å². The number of hydrogen-bond acceptors (Lipinski definition) is 10. The van der Waals surface area contributed by atoms with Crippen molar-refractivity contribution in [1.29, 1.82) is 0 Å². The Morgan fingerprint density at radius 3 is 1.20 bits per heavy atom. The van der Waals surface area contributed by atoms with Gasteiger partial charge in [0.25, 0.3) is 20.2 Å². The van der Waals surface area contributed by atoms with Gasteiger partial charge in [0.1, 0.15) is 0 Å². The van der Waals surface area contributed by atoms with Gasteiger partial charge in [0.15, 0.2) is 0 Å². The Bertz CT molecular complexity index is 1250. The first-order chi connectivity index (χ1) is 19.2. The molecule has 0 fully saturated rings. The molecule has 41 heavy (non-hydrogen) atoms. The molecule has 0 bridgehead atoms. The Morgan fingerprint density at radius 2 is 0.805 bits per heavy atom. The Morgan fingerprint density at radius 1 is 0.488 bits per heavy atom. The fourth-order valence-corrected chi connectivity index (χ4v) is 5.40. The van der Waals surface area contributed by atoms with E-state index in [-0.39, 0.29) is 54.5 Å². The molecular weight excluding hydrogens is 572 g/mol. The number of rotatable bonds is 19. The van der Waals surface area contributed by atoms with Gasteiger partial charge in [-0.3, -0.25) is 8.37 Å². The summed E-state index contributed by atoms with van der Waals surface area (Å²) in [5.74, 6) is 0. The molecule has 0 saturated carbocycles. The van der Waals surface area contributed by atoms with Crippen LogP contribution in [0.4, 0.5) is 0 Å². The number of benzene rings is 2. The summed E-state index contributed by atoms with van der Waals surface area (Å²) in [5.41, 5.74) is 1.92. The van der Waals surface area contributed by atoms with Crippen molar-refractivity contribution < 1.29 is 44.1 Å². The van der Waals surface area contributed by atoms with Crippen LogP contribution in [0, 0.1) is 13.8 Å². The highest BCUT2D eigenvalue weighted by Gasteiger charge is 2.21. The van der Waals surface area contributed by atoms with E-state index in [4.69, 9.17) is 27.3 Å². The van der Waals surface area contributed by atoms with Gasteiger partial charge in [0.05, 0.1) is 73.3 Å². The second-order valence-corrected chi connectivity index (χ2v) is 13.5. The first-order valence-corrected chi connectivity index (χ1v) is 16.4. The highest BCUT2D eigenvalue weighted by molar-refractivity contribution is 7.87. The van der Waals surface area contributed by atoms with Crippen molar-refractivity contribution in [2.24, 2.45) is 0 Å². The zero-order valence-electron chi connectivity index (χ0n) is 24.9. The van der Waals surface area contributed by atoms with Crippen LogP contribution in [0.5, 0.6) is 0 Å². The lowest BCUT2D eigenvalue weighted by atomic mass is 10.2. The quantitative estimate of drug-likeness (QED) is 0.210. The van der Waals surface area contributed by atoms with Gasteiger partial charge in [-0.15, -0.1) is 0 Å². The molecule has 2 rings (SSSR count). The third-order valence-electron chi connectivity index (χ3n) is 5.83. The van der Waals surface area contributed by atoms with E-state index in [1.807, 2.05) is 34.6 Å². The highest BCUT2D eigenvalue weighted by Crippen LogP contribution is 2.16. The fourth-order valence-electron chi connectivity index (χ4n) is 3.35. The van der Waals surface area contributed by atoms with E-state index in [1.165, 1.54) is 24.3 Å². The van der Waals surface area contributed by atoms with Crippen LogP contribution in [0.2, 0.25) is 0 Å². The van der Waals surface area contributed by atoms with E-state index >= 15 is 0 Å². The van der Waals surface area contributed by atoms with Crippen LogP contribution in [-0.4, -0.2) is 80.4 Å². The minimum absolute atomic E-state index is 0.0864.